The highest BCUT2D eigenvalue weighted by atomic mass is 19.3. The number of alkyl halides is 2. The third kappa shape index (κ3) is 1.57. The Hall–Kier alpha value is -0.220. The maximum Gasteiger partial charge on any atom is 0.252 e. The molecule has 0 aromatic carbocycles. The zero-order valence-electron chi connectivity index (χ0n) is 7.68. The van der Waals surface area contributed by atoms with Crippen molar-refractivity contribution in [1.82, 2.24) is 4.90 Å². The summed E-state index contributed by atoms with van der Waals surface area (Å²) >= 11 is 0. The first-order valence-electron chi connectivity index (χ1n) is 4.94. The molecule has 2 N–H and O–H groups in total. The van der Waals surface area contributed by atoms with Gasteiger partial charge in [0, 0.05) is 38.5 Å². The first kappa shape index (κ1) is 9.34. The maximum atomic E-state index is 13.3. The summed E-state index contributed by atoms with van der Waals surface area (Å²) in [6.07, 6.45) is 0.789. The Morgan fingerprint density at radius 1 is 1.38 bits per heavy atom. The molecule has 4 heteroatoms. The molecule has 1 saturated heterocycles. The quantitative estimate of drug-likeness (QED) is 0.701. The number of nitrogens with two attached hydrogens (primary N) is 1. The highest BCUT2D eigenvalue weighted by Gasteiger charge is 2.53. The third-order valence-corrected chi connectivity index (χ3v) is 3.35. The molecule has 0 spiro atoms. The largest absolute Gasteiger partial charge is 0.329 e. The Morgan fingerprint density at radius 3 is 2.77 bits per heavy atom. The zero-order valence-corrected chi connectivity index (χ0v) is 7.68. The fourth-order valence-corrected chi connectivity index (χ4v) is 2.66. The minimum absolute atomic E-state index is 0.0960. The van der Waals surface area contributed by atoms with Crippen LogP contribution in [-0.2, 0) is 0 Å². The van der Waals surface area contributed by atoms with E-state index in [0.717, 1.165) is 13.1 Å². The number of hydrogen-bond acceptors (Lipinski definition) is 2. The average molecular weight is 190 g/mol. The van der Waals surface area contributed by atoms with Crippen LogP contribution >= 0.6 is 0 Å². The minimum Gasteiger partial charge on any atom is -0.329 e. The van der Waals surface area contributed by atoms with Gasteiger partial charge in [0.15, 0.2) is 0 Å². The van der Waals surface area contributed by atoms with Gasteiger partial charge in [-0.2, -0.15) is 0 Å². The Balaban J connectivity index is 1.98. The summed E-state index contributed by atoms with van der Waals surface area (Å²) in [5, 5.41) is 0. The first-order chi connectivity index (χ1) is 6.13. The molecule has 2 rings (SSSR count). The Labute approximate surface area is 77.1 Å². The van der Waals surface area contributed by atoms with Gasteiger partial charge in [-0.25, -0.2) is 8.78 Å². The molecule has 1 heterocycles. The first-order valence-corrected chi connectivity index (χ1v) is 4.94. The fraction of sp³-hybridized carbons (Fsp3) is 1.00. The number of likely N-dealkylation sites (tertiary alicyclic amines) is 1. The second kappa shape index (κ2) is 3.17. The van der Waals surface area contributed by atoms with Gasteiger partial charge in [-0.05, 0) is 12.3 Å². The van der Waals surface area contributed by atoms with E-state index in [1.54, 1.807) is 0 Å². The number of halogens is 2. The molecule has 2 fully saturated rings. The van der Waals surface area contributed by atoms with Crippen molar-refractivity contribution in [2.24, 2.45) is 17.6 Å². The highest BCUT2D eigenvalue weighted by Crippen LogP contribution is 2.47. The van der Waals surface area contributed by atoms with E-state index in [-0.39, 0.29) is 18.3 Å². The van der Waals surface area contributed by atoms with Crippen molar-refractivity contribution in [1.29, 1.82) is 0 Å². The van der Waals surface area contributed by atoms with Gasteiger partial charge in [-0.1, -0.05) is 0 Å². The number of nitrogens with zero attached hydrogens (tertiary/aromatic N) is 1. The molecule has 2 atom stereocenters. The topological polar surface area (TPSA) is 29.3 Å². The summed E-state index contributed by atoms with van der Waals surface area (Å²) in [6, 6.07) is 0. The van der Waals surface area contributed by atoms with E-state index >= 15 is 0 Å². The van der Waals surface area contributed by atoms with Crippen LogP contribution in [0.4, 0.5) is 8.78 Å². The molecule has 0 radical (unpaired) electrons. The summed E-state index contributed by atoms with van der Waals surface area (Å²) in [5.41, 5.74) is 5.40. The van der Waals surface area contributed by atoms with Crippen LogP contribution in [0.15, 0.2) is 0 Å². The van der Waals surface area contributed by atoms with Crippen LogP contribution in [0.25, 0.3) is 0 Å². The van der Waals surface area contributed by atoms with Crippen LogP contribution < -0.4 is 5.73 Å². The predicted octanol–water partition coefficient (Wildman–Crippen LogP) is 0.922. The predicted molar refractivity (Wildman–Crippen MR) is 46.7 cm³/mol. The number of hydrogen-bond donors (Lipinski definition) is 1. The van der Waals surface area contributed by atoms with Gasteiger partial charge in [-0.3, -0.25) is 0 Å². The molecule has 0 aromatic rings. The van der Waals surface area contributed by atoms with Gasteiger partial charge in [0.1, 0.15) is 0 Å². The molecule has 2 nitrogen and oxygen atoms in total. The molecule has 76 valence electrons. The molecular formula is C9H16F2N2. The molecule has 1 saturated carbocycles. The van der Waals surface area contributed by atoms with Crippen LogP contribution in [0.5, 0.6) is 0 Å². The lowest BCUT2D eigenvalue weighted by Gasteiger charge is -2.19. The van der Waals surface area contributed by atoms with Crippen LogP contribution in [0.1, 0.15) is 12.8 Å². The van der Waals surface area contributed by atoms with Crippen molar-refractivity contribution in [3.05, 3.63) is 0 Å². The third-order valence-electron chi connectivity index (χ3n) is 3.35. The highest BCUT2D eigenvalue weighted by molar-refractivity contribution is 4.97. The summed E-state index contributed by atoms with van der Waals surface area (Å²) in [5.74, 6) is -2.57. The second-order valence-corrected chi connectivity index (χ2v) is 4.21. The van der Waals surface area contributed by atoms with Gasteiger partial charge >= 0.3 is 0 Å². The van der Waals surface area contributed by atoms with Gasteiger partial charge in [0.05, 0.1) is 0 Å². The van der Waals surface area contributed by atoms with Crippen molar-refractivity contribution < 1.29 is 8.78 Å². The van der Waals surface area contributed by atoms with E-state index < -0.39 is 5.92 Å². The summed E-state index contributed by atoms with van der Waals surface area (Å²) in [6.45, 7) is 2.72. The van der Waals surface area contributed by atoms with E-state index in [2.05, 4.69) is 4.90 Å². The van der Waals surface area contributed by atoms with Crippen molar-refractivity contribution in [3.8, 4) is 0 Å². The van der Waals surface area contributed by atoms with Gasteiger partial charge in [0.2, 0.25) is 0 Å². The Kier molecular flexibility index (Phi) is 2.28. The molecule has 0 amide bonds. The average Bonchev–Trinajstić information content (AvgIpc) is 2.55. The van der Waals surface area contributed by atoms with E-state index in [1.165, 1.54) is 0 Å². The molecule has 0 unspecified atom stereocenters. The van der Waals surface area contributed by atoms with Gasteiger partial charge < -0.3 is 10.6 Å². The summed E-state index contributed by atoms with van der Waals surface area (Å²) in [4.78, 5) is 2.07. The van der Waals surface area contributed by atoms with E-state index in [9.17, 15) is 8.78 Å². The number of fused-ring (bicyclic) bond motifs is 1. The monoisotopic (exact) mass is 190 g/mol. The van der Waals surface area contributed by atoms with Crippen molar-refractivity contribution in [3.63, 3.8) is 0 Å². The van der Waals surface area contributed by atoms with Crippen molar-refractivity contribution in [2.45, 2.75) is 18.8 Å². The molecule has 1 aliphatic carbocycles. The smallest absolute Gasteiger partial charge is 0.252 e. The lowest BCUT2D eigenvalue weighted by atomic mass is 9.99. The van der Waals surface area contributed by atoms with Crippen molar-refractivity contribution >= 4 is 0 Å². The standard InChI is InChI=1S/C9H16F2N2/c10-9(11)2-1-7-5-13(4-3-12)6-8(7)9/h7-8H,1-6,12H2/t7-,8+/m1/s1. The normalized spacial score (nSPS) is 38.1. The van der Waals surface area contributed by atoms with Crippen LogP contribution in [-0.4, -0.2) is 37.0 Å². The molecule has 2 aliphatic rings. The zero-order chi connectivity index (χ0) is 9.47. The van der Waals surface area contributed by atoms with E-state index in [0.29, 0.717) is 19.5 Å². The SMILES string of the molecule is NCCN1C[C@H]2CCC(F)(F)[C@H]2C1. The summed E-state index contributed by atoms with van der Waals surface area (Å²) in [7, 11) is 0. The van der Waals surface area contributed by atoms with E-state index in [1.807, 2.05) is 0 Å². The molecule has 13 heavy (non-hydrogen) atoms. The maximum absolute atomic E-state index is 13.3. The lowest BCUT2D eigenvalue weighted by molar-refractivity contribution is -0.0397. The van der Waals surface area contributed by atoms with Crippen LogP contribution in [0.3, 0.4) is 0 Å². The minimum atomic E-state index is -2.41. The summed E-state index contributed by atoms with van der Waals surface area (Å²) < 4.78 is 26.5. The van der Waals surface area contributed by atoms with Crippen LogP contribution in [0.2, 0.25) is 0 Å². The molecule has 0 aromatic heterocycles. The molecule has 0 bridgehead atoms. The second-order valence-electron chi connectivity index (χ2n) is 4.21. The van der Waals surface area contributed by atoms with Crippen LogP contribution in [0, 0.1) is 11.8 Å². The fourth-order valence-electron chi connectivity index (χ4n) is 2.66. The van der Waals surface area contributed by atoms with Gasteiger partial charge in [-0.15, -0.1) is 0 Å². The molecular weight excluding hydrogens is 174 g/mol. The van der Waals surface area contributed by atoms with Crippen molar-refractivity contribution in [2.75, 3.05) is 26.2 Å². The molecule has 1 aliphatic heterocycles. The Bertz CT molecular complexity index is 196. The van der Waals surface area contributed by atoms with E-state index in [4.69, 9.17) is 5.73 Å². The lowest BCUT2D eigenvalue weighted by Crippen LogP contribution is -2.31. The number of rotatable bonds is 2. The Morgan fingerprint density at radius 2 is 2.15 bits per heavy atom. The van der Waals surface area contributed by atoms with Gasteiger partial charge in [0.25, 0.3) is 5.92 Å².